The number of benzene rings is 3. The molecule has 1 aromatic heterocycles. The molecule has 4 aromatic rings. The van der Waals surface area contributed by atoms with Crippen molar-refractivity contribution in [3.05, 3.63) is 84.4 Å². The van der Waals surface area contributed by atoms with E-state index in [0.717, 1.165) is 25.9 Å². The minimum absolute atomic E-state index is 0.0433. The van der Waals surface area contributed by atoms with Crippen LogP contribution in [0.3, 0.4) is 0 Å². The maximum Gasteiger partial charge on any atom is 0.257 e. The standard InChI is InChI=1S/C28H25N3O4S2/c1-2-35-21-13-14-22-24(15-21)37-28(29-22)36-18-26(33)30(17-19-9-5-3-6-10-19)23-16-25(32)31(27(23)34)20-11-7-4-8-12-20/h3-15,23H,2,16-18H2,1H3. The van der Waals surface area contributed by atoms with E-state index in [0.29, 0.717) is 12.3 Å². The number of fused-ring (bicyclic) bond motifs is 1. The highest BCUT2D eigenvalue weighted by Gasteiger charge is 2.44. The molecule has 7 nitrogen and oxygen atoms in total. The van der Waals surface area contributed by atoms with Crippen molar-refractivity contribution in [2.45, 2.75) is 30.3 Å². The van der Waals surface area contributed by atoms with Crippen molar-refractivity contribution >= 4 is 56.7 Å². The molecule has 0 aliphatic carbocycles. The van der Waals surface area contributed by atoms with Crippen molar-refractivity contribution in [1.82, 2.24) is 9.88 Å². The van der Waals surface area contributed by atoms with E-state index >= 15 is 0 Å². The van der Waals surface area contributed by atoms with Gasteiger partial charge in [-0.05, 0) is 42.8 Å². The summed E-state index contributed by atoms with van der Waals surface area (Å²) < 4.78 is 7.32. The number of hydrogen-bond acceptors (Lipinski definition) is 7. The van der Waals surface area contributed by atoms with Crippen LogP contribution in [0.4, 0.5) is 5.69 Å². The number of thiazole rings is 1. The van der Waals surface area contributed by atoms with E-state index in [1.165, 1.54) is 32.9 Å². The van der Waals surface area contributed by atoms with E-state index in [4.69, 9.17) is 4.74 Å². The molecule has 1 unspecified atom stereocenters. The fourth-order valence-electron chi connectivity index (χ4n) is 4.27. The van der Waals surface area contributed by atoms with Gasteiger partial charge < -0.3 is 9.64 Å². The smallest absolute Gasteiger partial charge is 0.257 e. The molecule has 1 aliphatic heterocycles. The lowest BCUT2D eigenvalue weighted by Gasteiger charge is -2.27. The molecule has 3 aromatic carbocycles. The van der Waals surface area contributed by atoms with E-state index in [1.54, 1.807) is 24.3 Å². The Hall–Kier alpha value is -3.69. The molecular weight excluding hydrogens is 506 g/mol. The van der Waals surface area contributed by atoms with Gasteiger partial charge in [0.2, 0.25) is 11.8 Å². The van der Waals surface area contributed by atoms with Gasteiger partial charge in [-0.15, -0.1) is 11.3 Å². The molecule has 0 bridgehead atoms. The number of anilines is 1. The molecule has 188 valence electrons. The second-order valence-electron chi connectivity index (χ2n) is 8.46. The molecule has 1 saturated heterocycles. The molecule has 0 N–H and O–H groups in total. The third-order valence-corrected chi connectivity index (χ3v) is 8.15. The van der Waals surface area contributed by atoms with Crippen molar-refractivity contribution in [3.63, 3.8) is 0 Å². The topological polar surface area (TPSA) is 79.8 Å². The van der Waals surface area contributed by atoms with Gasteiger partial charge in [0, 0.05) is 6.54 Å². The maximum atomic E-state index is 13.5. The molecule has 0 radical (unpaired) electrons. The highest BCUT2D eigenvalue weighted by atomic mass is 32.2. The number of thioether (sulfide) groups is 1. The summed E-state index contributed by atoms with van der Waals surface area (Å²) in [6.07, 6.45) is -0.0433. The van der Waals surface area contributed by atoms with Crippen molar-refractivity contribution in [2.75, 3.05) is 17.3 Å². The SMILES string of the molecule is CCOc1ccc2nc(SCC(=O)N(Cc3ccccc3)C3CC(=O)N(c4ccccc4)C3=O)sc2c1. The molecule has 0 spiro atoms. The predicted octanol–water partition coefficient (Wildman–Crippen LogP) is 5.15. The second-order valence-corrected chi connectivity index (χ2v) is 10.7. The van der Waals surface area contributed by atoms with E-state index < -0.39 is 6.04 Å². The van der Waals surface area contributed by atoms with E-state index in [1.807, 2.05) is 61.5 Å². The highest BCUT2D eigenvalue weighted by Crippen LogP contribution is 2.33. The zero-order chi connectivity index (χ0) is 25.8. The first-order valence-electron chi connectivity index (χ1n) is 11.9. The summed E-state index contributed by atoms with van der Waals surface area (Å²) >= 11 is 2.83. The Morgan fingerprint density at radius 1 is 1.08 bits per heavy atom. The summed E-state index contributed by atoms with van der Waals surface area (Å²) in [5, 5.41) is 0. The maximum absolute atomic E-state index is 13.5. The van der Waals surface area contributed by atoms with Gasteiger partial charge in [0.25, 0.3) is 5.91 Å². The van der Waals surface area contributed by atoms with Gasteiger partial charge >= 0.3 is 0 Å². The summed E-state index contributed by atoms with van der Waals surface area (Å²) in [5.74, 6) is -0.0179. The van der Waals surface area contributed by atoms with Gasteiger partial charge in [-0.25, -0.2) is 9.88 Å². The Bertz CT molecular complexity index is 1430. The Labute approximate surface area is 223 Å². The van der Waals surface area contributed by atoms with Gasteiger partial charge in [-0.2, -0.15) is 0 Å². The number of amides is 3. The minimum atomic E-state index is -0.856. The highest BCUT2D eigenvalue weighted by molar-refractivity contribution is 8.01. The molecule has 9 heteroatoms. The predicted molar refractivity (Wildman–Crippen MR) is 146 cm³/mol. The number of aromatic nitrogens is 1. The van der Waals surface area contributed by atoms with Crippen LogP contribution in [0.15, 0.2) is 83.2 Å². The number of ether oxygens (including phenoxy) is 1. The molecular formula is C28H25N3O4S2. The first-order valence-corrected chi connectivity index (χ1v) is 13.7. The molecule has 1 atom stereocenters. The largest absolute Gasteiger partial charge is 0.494 e. The van der Waals surface area contributed by atoms with Gasteiger partial charge in [0.15, 0.2) is 4.34 Å². The van der Waals surface area contributed by atoms with Crippen LogP contribution < -0.4 is 9.64 Å². The Morgan fingerprint density at radius 3 is 2.54 bits per heavy atom. The normalized spacial score (nSPS) is 15.4. The lowest BCUT2D eigenvalue weighted by atomic mass is 10.1. The fraction of sp³-hybridized carbons (Fsp3) is 0.214. The Kier molecular flexibility index (Phi) is 7.52. The number of nitrogens with zero attached hydrogens (tertiary/aromatic N) is 3. The number of carbonyl (C=O) groups excluding carboxylic acids is 3. The number of rotatable bonds is 9. The number of imide groups is 1. The van der Waals surface area contributed by atoms with Gasteiger partial charge in [-0.3, -0.25) is 14.4 Å². The Balaban J connectivity index is 1.35. The molecule has 5 rings (SSSR count). The zero-order valence-corrected chi connectivity index (χ0v) is 21.8. The average molecular weight is 532 g/mol. The Morgan fingerprint density at radius 2 is 1.81 bits per heavy atom. The molecule has 1 aliphatic rings. The quantitative estimate of drug-likeness (QED) is 0.220. The molecule has 0 saturated carbocycles. The lowest BCUT2D eigenvalue weighted by Crippen LogP contribution is -2.45. The van der Waals surface area contributed by atoms with Crippen LogP contribution in [0, 0.1) is 0 Å². The molecule has 2 heterocycles. The van der Waals surface area contributed by atoms with Crippen LogP contribution in [0.25, 0.3) is 10.2 Å². The number of hydrogen-bond donors (Lipinski definition) is 0. The van der Waals surface area contributed by atoms with Crippen LogP contribution in [-0.4, -0.2) is 46.0 Å². The van der Waals surface area contributed by atoms with Gasteiger partial charge in [-0.1, -0.05) is 60.3 Å². The monoisotopic (exact) mass is 531 g/mol. The summed E-state index contributed by atoms with van der Waals surface area (Å²) in [6, 6.07) is 23.2. The number of carbonyl (C=O) groups is 3. The third kappa shape index (κ3) is 5.52. The summed E-state index contributed by atoms with van der Waals surface area (Å²) in [5.41, 5.74) is 2.25. The van der Waals surface area contributed by atoms with E-state index in [9.17, 15) is 14.4 Å². The lowest BCUT2D eigenvalue weighted by molar-refractivity contribution is -0.136. The van der Waals surface area contributed by atoms with E-state index in [-0.39, 0.29) is 36.4 Å². The van der Waals surface area contributed by atoms with Gasteiger partial charge in [0.05, 0.1) is 34.7 Å². The molecule has 3 amide bonds. The second kappa shape index (κ2) is 11.1. The first-order chi connectivity index (χ1) is 18.0. The van der Waals surface area contributed by atoms with Crippen molar-refractivity contribution in [3.8, 4) is 5.75 Å². The van der Waals surface area contributed by atoms with Crippen LogP contribution >= 0.6 is 23.1 Å². The molecule has 1 fully saturated rings. The summed E-state index contributed by atoms with van der Waals surface area (Å²) in [6.45, 7) is 2.76. The third-order valence-electron chi connectivity index (χ3n) is 6.00. The van der Waals surface area contributed by atoms with Crippen LogP contribution in [0.1, 0.15) is 18.9 Å². The fourth-order valence-corrected chi connectivity index (χ4v) is 6.25. The summed E-state index contributed by atoms with van der Waals surface area (Å²) in [7, 11) is 0. The minimum Gasteiger partial charge on any atom is -0.494 e. The van der Waals surface area contributed by atoms with Crippen LogP contribution in [0.2, 0.25) is 0 Å². The van der Waals surface area contributed by atoms with Crippen LogP contribution in [0.5, 0.6) is 5.75 Å². The summed E-state index contributed by atoms with van der Waals surface area (Å²) in [4.78, 5) is 47.2. The average Bonchev–Trinajstić information content (AvgIpc) is 3.46. The van der Waals surface area contributed by atoms with E-state index in [2.05, 4.69) is 4.98 Å². The van der Waals surface area contributed by atoms with Crippen molar-refractivity contribution < 1.29 is 19.1 Å². The van der Waals surface area contributed by atoms with Crippen molar-refractivity contribution in [1.29, 1.82) is 0 Å². The molecule has 37 heavy (non-hydrogen) atoms. The van der Waals surface area contributed by atoms with Crippen molar-refractivity contribution in [2.24, 2.45) is 0 Å². The van der Waals surface area contributed by atoms with Gasteiger partial charge in [0.1, 0.15) is 11.8 Å². The van der Waals surface area contributed by atoms with Crippen LogP contribution in [-0.2, 0) is 20.9 Å². The zero-order valence-electron chi connectivity index (χ0n) is 20.2. The first kappa shape index (κ1) is 25.0. The number of para-hydroxylation sites is 1.